The van der Waals surface area contributed by atoms with Crippen molar-refractivity contribution in [1.29, 1.82) is 0 Å². The average Bonchev–Trinajstić information content (AvgIpc) is 3.25. The van der Waals surface area contributed by atoms with Crippen molar-refractivity contribution < 1.29 is 26.7 Å². The van der Waals surface area contributed by atoms with Crippen LogP contribution >= 0.6 is 0 Å². The number of hydrogen-bond acceptors (Lipinski definition) is 5. The summed E-state index contributed by atoms with van der Waals surface area (Å²) in [7, 11) is -4.00. The zero-order valence-electron chi connectivity index (χ0n) is 16.2. The van der Waals surface area contributed by atoms with E-state index in [2.05, 4.69) is 10.2 Å². The van der Waals surface area contributed by atoms with Crippen molar-refractivity contribution >= 4 is 15.9 Å². The van der Waals surface area contributed by atoms with Gasteiger partial charge in [-0.3, -0.25) is 9.89 Å². The molecule has 0 spiro atoms. The SMILES string of the molecule is O=C(c1cn[nH]c1[C@H]1CCCN(S(=O)(=O)c2ccc(F)c(F)c2)C1)N1CCOCC1. The van der Waals surface area contributed by atoms with E-state index in [9.17, 15) is 22.0 Å². The van der Waals surface area contributed by atoms with E-state index in [0.29, 0.717) is 56.5 Å². The molecule has 0 radical (unpaired) electrons. The van der Waals surface area contributed by atoms with Gasteiger partial charge in [0.25, 0.3) is 5.91 Å². The first-order valence-electron chi connectivity index (χ1n) is 9.73. The van der Waals surface area contributed by atoms with Gasteiger partial charge in [-0.25, -0.2) is 17.2 Å². The lowest BCUT2D eigenvalue weighted by atomic mass is 9.93. The summed E-state index contributed by atoms with van der Waals surface area (Å²) in [5.41, 5.74) is 1.02. The third-order valence-corrected chi connectivity index (χ3v) is 7.38. The Hall–Kier alpha value is -2.37. The predicted octanol–water partition coefficient (Wildman–Crippen LogP) is 1.73. The summed E-state index contributed by atoms with van der Waals surface area (Å²) in [5, 5.41) is 6.88. The maximum absolute atomic E-state index is 13.6. The Morgan fingerprint density at radius 1 is 1.17 bits per heavy atom. The van der Waals surface area contributed by atoms with Gasteiger partial charge < -0.3 is 9.64 Å². The summed E-state index contributed by atoms with van der Waals surface area (Å²) in [6.45, 7) is 2.31. The Kier molecular flexibility index (Phi) is 5.85. The molecule has 162 valence electrons. The van der Waals surface area contributed by atoms with Crippen molar-refractivity contribution in [2.75, 3.05) is 39.4 Å². The van der Waals surface area contributed by atoms with E-state index in [1.54, 1.807) is 4.90 Å². The number of carbonyl (C=O) groups is 1. The topological polar surface area (TPSA) is 95.6 Å². The zero-order chi connectivity index (χ0) is 21.3. The summed E-state index contributed by atoms with van der Waals surface area (Å²) >= 11 is 0. The standard InChI is InChI=1S/C19H22F2N4O4S/c20-16-4-3-14(10-17(16)21)30(27,28)25-5-1-2-13(12-25)18-15(11-22-23-18)19(26)24-6-8-29-9-7-24/h3-4,10-11,13H,1-2,5-9,12H2,(H,22,23)/t13-/m0/s1. The number of nitrogens with one attached hydrogen (secondary N) is 1. The van der Waals surface area contributed by atoms with E-state index in [1.165, 1.54) is 10.5 Å². The highest BCUT2D eigenvalue weighted by Crippen LogP contribution is 2.31. The lowest BCUT2D eigenvalue weighted by molar-refractivity contribution is 0.0301. The highest BCUT2D eigenvalue weighted by atomic mass is 32.2. The number of rotatable bonds is 4. The fourth-order valence-electron chi connectivity index (χ4n) is 3.90. The Morgan fingerprint density at radius 3 is 2.67 bits per heavy atom. The van der Waals surface area contributed by atoms with E-state index in [0.717, 1.165) is 12.1 Å². The smallest absolute Gasteiger partial charge is 0.257 e. The van der Waals surface area contributed by atoms with E-state index < -0.39 is 21.7 Å². The minimum absolute atomic E-state index is 0.118. The molecule has 0 bridgehead atoms. The van der Waals surface area contributed by atoms with Crippen LogP contribution < -0.4 is 0 Å². The summed E-state index contributed by atoms with van der Waals surface area (Å²) < 4.78 is 59.2. The molecular formula is C19H22F2N4O4S. The molecule has 30 heavy (non-hydrogen) atoms. The molecular weight excluding hydrogens is 418 g/mol. The number of H-pyrrole nitrogens is 1. The van der Waals surface area contributed by atoms with Crippen LogP contribution in [0, 0.1) is 11.6 Å². The highest BCUT2D eigenvalue weighted by molar-refractivity contribution is 7.89. The molecule has 1 aromatic heterocycles. The van der Waals surface area contributed by atoms with Crippen LogP contribution in [-0.2, 0) is 14.8 Å². The third-order valence-electron chi connectivity index (χ3n) is 5.52. The third kappa shape index (κ3) is 3.96. The fraction of sp³-hybridized carbons (Fsp3) is 0.474. The second-order valence-corrected chi connectivity index (χ2v) is 9.32. The summed E-state index contributed by atoms with van der Waals surface area (Å²) in [6.07, 6.45) is 2.71. The van der Waals surface area contributed by atoms with E-state index in [-0.39, 0.29) is 29.8 Å². The number of ether oxygens (including phenoxy) is 1. The maximum Gasteiger partial charge on any atom is 0.257 e. The number of amides is 1. The van der Waals surface area contributed by atoms with E-state index in [1.807, 2.05) is 0 Å². The number of halogens is 2. The molecule has 2 aliphatic rings. The molecule has 0 unspecified atom stereocenters. The van der Waals surface area contributed by atoms with Crippen molar-refractivity contribution in [2.45, 2.75) is 23.7 Å². The molecule has 11 heteroatoms. The maximum atomic E-state index is 13.6. The minimum atomic E-state index is -4.00. The number of benzene rings is 1. The van der Waals surface area contributed by atoms with Gasteiger partial charge in [-0.15, -0.1) is 0 Å². The largest absolute Gasteiger partial charge is 0.378 e. The predicted molar refractivity (Wildman–Crippen MR) is 102 cm³/mol. The number of piperidine rings is 1. The van der Waals surface area contributed by atoms with E-state index >= 15 is 0 Å². The van der Waals surface area contributed by atoms with Crippen LogP contribution in [0.4, 0.5) is 8.78 Å². The van der Waals surface area contributed by atoms with Gasteiger partial charge in [0.05, 0.1) is 35.6 Å². The van der Waals surface area contributed by atoms with Gasteiger partial charge in [0.1, 0.15) is 0 Å². The van der Waals surface area contributed by atoms with Gasteiger partial charge in [0, 0.05) is 32.1 Å². The van der Waals surface area contributed by atoms with Crippen LogP contribution in [0.25, 0.3) is 0 Å². The Morgan fingerprint density at radius 2 is 1.93 bits per heavy atom. The van der Waals surface area contributed by atoms with Crippen LogP contribution in [0.5, 0.6) is 0 Å². The van der Waals surface area contributed by atoms with Crippen molar-refractivity contribution in [1.82, 2.24) is 19.4 Å². The van der Waals surface area contributed by atoms with Crippen LogP contribution in [0.2, 0.25) is 0 Å². The average molecular weight is 440 g/mol. The zero-order valence-corrected chi connectivity index (χ0v) is 17.0. The number of carbonyl (C=O) groups excluding carboxylic acids is 1. The second kappa shape index (κ2) is 8.40. The number of aromatic amines is 1. The molecule has 2 aromatic rings. The Bertz CT molecular complexity index is 1040. The second-order valence-electron chi connectivity index (χ2n) is 7.38. The molecule has 2 aliphatic heterocycles. The minimum Gasteiger partial charge on any atom is -0.378 e. The number of sulfonamides is 1. The summed E-state index contributed by atoms with van der Waals surface area (Å²) in [6, 6.07) is 2.55. The number of nitrogens with zero attached hydrogens (tertiary/aromatic N) is 3. The van der Waals surface area contributed by atoms with Gasteiger partial charge in [-0.2, -0.15) is 9.40 Å². The Labute approximate surface area is 172 Å². The first-order valence-corrected chi connectivity index (χ1v) is 11.2. The molecule has 2 fully saturated rings. The molecule has 2 saturated heterocycles. The number of hydrogen-bond donors (Lipinski definition) is 1. The van der Waals surface area contributed by atoms with Crippen LogP contribution in [0.15, 0.2) is 29.3 Å². The van der Waals surface area contributed by atoms with E-state index in [4.69, 9.17) is 4.74 Å². The lowest BCUT2D eigenvalue weighted by Crippen LogP contribution is -2.42. The lowest BCUT2D eigenvalue weighted by Gasteiger charge is -2.32. The quantitative estimate of drug-likeness (QED) is 0.781. The monoisotopic (exact) mass is 440 g/mol. The molecule has 0 aliphatic carbocycles. The van der Waals surface area contributed by atoms with Crippen molar-refractivity contribution in [3.05, 3.63) is 47.3 Å². The first-order chi connectivity index (χ1) is 14.4. The van der Waals surface area contributed by atoms with Crippen molar-refractivity contribution in [2.24, 2.45) is 0 Å². The van der Waals surface area contributed by atoms with Gasteiger partial charge in [0.2, 0.25) is 10.0 Å². The molecule has 1 atom stereocenters. The molecule has 1 aromatic carbocycles. The van der Waals surface area contributed by atoms with Gasteiger partial charge in [0.15, 0.2) is 11.6 Å². The molecule has 1 N–H and O–H groups in total. The van der Waals surface area contributed by atoms with Crippen molar-refractivity contribution in [3.63, 3.8) is 0 Å². The highest BCUT2D eigenvalue weighted by Gasteiger charge is 2.34. The van der Waals surface area contributed by atoms with Crippen LogP contribution in [0.3, 0.4) is 0 Å². The van der Waals surface area contributed by atoms with Crippen molar-refractivity contribution in [3.8, 4) is 0 Å². The molecule has 3 heterocycles. The fourth-order valence-corrected chi connectivity index (χ4v) is 5.43. The van der Waals surface area contributed by atoms with Gasteiger partial charge in [-0.05, 0) is 31.0 Å². The molecule has 4 rings (SSSR count). The van der Waals surface area contributed by atoms with Crippen LogP contribution in [-0.4, -0.2) is 73.1 Å². The van der Waals surface area contributed by atoms with Gasteiger partial charge >= 0.3 is 0 Å². The molecule has 0 saturated carbocycles. The molecule has 1 amide bonds. The number of morpholine rings is 1. The number of aromatic nitrogens is 2. The summed E-state index contributed by atoms with van der Waals surface area (Å²) in [4.78, 5) is 14.3. The molecule has 8 nitrogen and oxygen atoms in total. The summed E-state index contributed by atoms with van der Waals surface area (Å²) in [5.74, 6) is -2.74. The van der Waals surface area contributed by atoms with Gasteiger partial charge in [-0.1, -0.05) is 0 Å². The Balaban J connectivity index is 1.55. The van der Waals surface area contributed by atoms with Crippen LogP contribution in [0.1, 0.15) is 34.8 Å². The first kappa shape index (κ1) is 20.9. The normalized spacial score (nSPS) is 21.0.